The summed E-state index contributed by atoms with van der Waals surface area (Å²) in [7, 11) is 3.31. The lowest BCUT2D eigenvalue weighted by molar-refractivity contribution is 0.203. The van der Waals surface area contributed by atoms with Gasteiger partial charge in [0.05, 0.1) is 13.3 Å². The summed E-state index contributed by atoms with van der Waals surface area (Å²) in [6, 6.07) is 5.41. The summed E-state index contributed by atoms with van der Waals surface area (Å²) in [5.74, 6) is 0.556. The molecule has 1 unspecified atom stereocenters. The van der Waals surface area contributed by atoms with E-state index in [1.54, 1.807) is 37.2 Å². The van der Waals surface area contributed by atoms with Gasteiger partial charge < -0.3 is 9.84 Å². The molecule has 0 radical (unpaired) electrons. The zero-order valence-electron chi connectivity index (χ0n) is 9.89. The van der Waals surface area contributed by atoms with Gasteiger partial charge in [0.25, 0.3) is 0 Å². The van der Waals surface area contributed by atoms with Gasteiger partial charge in [-0.15, -0.1) is 0 Å². The van der Waals surface area contributed by atoms with Crippen LogP contribution in [-0.2, 0) is 7.05 Å². The molecule has 2 aromatic rings. The van der Waals surface area contributed by atoms with Crippen molar-refractivity contribution in [2.75, 3.05) is 7.11 Å². The van der Waals surface area contributed by atoms with E-state index in [1.165, 1.54) is 0 Å². The molecule has 0 saturated carbocycles. The van der Waals surface area contributed by atoms with Gasteiger partial charge in [-0.2, -0.15) is 5.10 Å². The minimum atomic E-state index is -0.821. The first-order chi connectivity index (χ1) is 8.54. The highest BCUT2D eigenvalue weighted by Crippen LogP contribution is 2.32. The van der Waals surface area contributed by atoms with Crippen molar-refractivity contribution in [3.05, 3.63) is 44.2 Å². The standard InChI is InChI=1S/C12H12ClIN2O2/c1-16-11(10(18-2)6-15-16)12(17)8-5-7(13)3-4-9(8)14/h3-6,12,17H,1-2H3. The van der Waals surface area contributed by atoms with Gasteiger partial charge >= 0.3 is 0 Å². The molecule has 6 heteroatoms. The smallest absolute Gasteiger partial charge is 0.162 e. The first kappa shape index (κ1) is 13.6. The molecule has 0 amide bonds. The van der Waals surface area contributed by atoms with Gasteiger partial charge in [0, 0.05) is 21.2 Å². The topological polar surface area (TPSA) is 47.3 Å². The minimum Gasteiger partial charge on any atom is -0.493 e. The van der Waals surface area contributed by atoms with Crippen molar-refractivity contribution in [3.8, 4) is 5.75 Å². The van der Waals surface area contributed by atoms with Crippen LogP contribution in [0.2, 0.25) is 5.02 Å². The number of halogens is 2. The third-order valence-corrected chi connectivity index (χ3v) is 3.90. The Morgan fingerprint density at radius 1 is 1.50 bits per heavy atom. The highest BCUT2D eigenvalue weighted by atomic mass is 127. The molecule has 1 atom stereocenters. The van der Waals surface area contributed by atoms with Gasteiger partial charge in [0.1, 0.15) is 11.8 Å². The van der Waals surface area contributed by atoms with Gasteiger partial charge in [-0.1, -0.05) is 11.6 Å². The number of hydrogen-bond acceptors (Lipinski definition) is 3. The van der Waals surface area contributed by atoms with Crippen LogP contribution in [0.5, 0.6) is 5.75 Å². The van der Waals surface area contributed by atoms with Crippen molar-refractivity contribution >= 4 is 34.2 Å². The summed E-state index contributed by atoms with van der Waals surface area (Å²) in [4.78, 5) is 0. The van der Waals surface area contributed by atoms with E-state index in [-0.39, 0.29) is 0 Å². The lowest BCUT2D eigenvalue weighted by Gasteiger charge is -2.15. The Kier molecular flexibility index (Phi) is 4.14. The quantitative estimate of drug-likeness (QED) is 0.836. The van der Waals surface area contributed by atoms with E-state index in [0.717, 1.165) is 9.13 Å². The Balaban J connectivity index is 2.50. The van der Waals surface area contributed by atoms with Crippen LogP contribution in [0.1, 0.15) is 17.4 Å². The molecule has 1 N–H and O–H groups in total. The lowest BCUT2D eigenvalue weighted by atomic mass is 10.1. The SMILES string of the molecule is COc1cnn(C)c1C(O)c1cc(Cl)ccc1I. The predicted octanol–water partition coefficient (Wildman–Crippen LogP) is 2.77. The summed E-state index contributed by atoms with van der Waals surface area (Å²) in [5, 5.41) is 15.1. The van der Waals surface area contributed by atoms with Crippen LogP contribution in [0.3, 0.4) is 0 Å². The molecule has 0 fully saturated rings. The number of nitrogens with zero attached hydrogens (tertiary/aromatic N) is 2. The fraction of sp³-hybridized carbons (Fsp3) is 0.250. The van der Waals surface area contributed by atoms with Gasteiger partial charge in [-0.05, 0) is 40.8 Å². The molecule has 0 aliphatic heterocycles. The number of aliphatic hydroxyl groups excluding tert-OH is 1. The van der Waals surface area contributed by atoms with Crippen molar-refractivity contribution in [1.82, 2.24) is 9.78 Å². The van der Waals surface area contributed by atoms with E-state index >= 15 is 0 Å². The van der Waals surface area contributed by atoms with Crippen molar-refractivity contribution in [3.63, 3.8) is 0 Å². The second-order valence-electron chi connectivity index (χ2n) is 3.79. The summed E-state index contributed by atoms with van der Waals surface area (Å²) in [6.45, 7) is 0. The Hall–Kier alpha value is -0.790. The van der Waals surface area contributed by atoms with Gasteiger partial charge in [-0.25, -0.2) is 0 Å². The maximum atomic E-state index is 10.5. The molecule has 1 aromatic carbocycles. The number of methoxy groups -OCH3 is 1. The average Bonchev–Trinajstić information content (AvgIpc) is 2.72. The van der Waals surface area contributed by atoms with Crippen LogP contribution < -0.4 is 4.74 Å². The second-order valence-corrected chi connectivity index (χ2v) is 5.39. The lowest BCUT2D eigenvalue weighted by Crippen LogP contribution is -2.09. The number of benzene rings is 1. The maximum absolute atomic E-state index is 10.5. The number of rotatable bonds is 3. The van der Waals surface area contributed by atoms with E-state index in [2.05, 4.69) is 27.7 Å². The number of aromatic nitrogens is 2. The molecule has 0 spiro atoms. The molecule has 1 aromatic heterocycles. The zero-order valence-corrected chi connectivity index (χ0v) is 12.8. The first-order valence-electron chi connectivity index (χ1n) is 5.23. The van der Waals surface area contributed by atoms with Gasteiger partial charge in [0.15, 0.2) is 5.75 Å². The van der Waals surface area contributed by atoms with E-state index < -0.39 is 6.10 Å². The maximum Gasteiger partial charge on any atom is 0.162 e. The second kappa shape index (κ2) is 5.46. The van der Waals surface area contributed by atoms with E-state index in [1.807, 2.05) is 6.07 Å². The molecular formula is C12H12ClIN2O2. The van der Waals surface area contributed by atoms with Crippen molar-refractivity contribution < 1.29 is 9.84 Å². The molecular weight excluding hydrogens is 367 g/mol. The number of aryl methyl sites for hydroxylation is 1. The number of aliphatic hydroxyl groups is 1. The highest BCUT2D eigenvalue weighted by Gasteiger charge is 2.22. The van der Waals surface area contributed by atoms with Crippen LogP contribution in [0.15, 0.2) is 24.4 Å². The largest absolute Gasteiger partial charge is 0.493 e. The average molecular weight is 379 g/mol. The zero-order chi connectivity index (χ0) is 13.3. The Morgan fingerprint density at radius 2 is 2.22 bits per heavy atom. The number of ether oxygens (including phenoxy) is 1. The Labute approximate surface area is 124 Å². The van der Waals surface area contributed by atoms with Gasteiger partial charge in [-0.3, -0.25) is 4.68 Å². The molecule has 0 aliphatic rings. The summed E-state index contributed by atoms with van der Waals surface area (Å²) in [5.41, 5.74) is 1.35. The van der Waals surface area contributed by atoms with Crippen LogP contribution in [0, 0.1) is 3.57 Å². The first-order valence-corrected chi connectivity index (χ1v) is 6.69. The van der Waals surface area contributed by atoms with Crippen LogP contribution >= 0.6 is 34.2 Å². The molecule has 0 bridgehead atoms. The highest BCUT2D eigenvalue weighted by molar-refractivity contribution is 14.1. The molecule has 18 heavy (non-hydrogen) atoms. The fourth-order valence-corrected chi connectivity index (χ4v) is 2.58. The summed E-state index contributed by atoms with van der Waals surface area (Å²) >= 11 is 8.13. The van der Waals surface area contributed by atoms with Crippen LogP contribution in [0.4, 0.5) is 0 Å². The molecule has 4 nitrogen and oxygen atoms in total. The van der Waals surface area contributed by atoms with Crippen molar-refractivity contribution in [1.29, 1.82) is 0 Å². The Bertz CT molecular complexity index is 571. The summed E-state index contributed by atoms with van der Waals surface area (Å²) < 4.78 is 7.74. The van der Waals surface area contributed by atoms with Crippen LogP contribution in [0.25, 0.3) is 0 Å². The molecule has 0 aliphatic carbocycles. The van der Waals surface area contributed by atoms with Crippen molar-refractivity contribution in [2.45, 2.75) is 6.10 Å². The van der Waals surface area contributed by atoms with Gasteiger partial charge in [0.2, 0.25) is 0 Å². The molecule has 96 valence electrons. The number of hydrogen-bond donors (Lipinski definition) is 1. The van der Waals surface area contributed by atoms with E-state index in [0.29, 0.717) is 16.5 Å². The predicted molar refractivity (Wildman–Crippen MR) is 78.0 cm³/mol. The summed E-state index contributed by atoms with van der Waals surface area (Å²) in [6.07, 6.45) is 0.758. The third kappa shape index (κ3) is 2.48. The third-order valence-electron chi connectivity index (χ3n) is 2.68. The van der Waals surface area contributed by atoms with Crippen molar-refractivity contribution in [2.24, 2.45) is 7.05 Å². The van der Waals surface area contributed by atoms with E-state index in [4.69, 9.17) is 16.3 Å². The molecule has 2 rings (SSSR count). The Morgan fingerprint density at radius 3 is 2.89 bits per heavy atom. The van der Waals surface area contributed by atoms with Crippen LogP contribution in [-0.4, -0.2) is 22.0 Å². The monoisotopic (exact) mass is 378 g/mol. The molecule has 0 saturated heterocycles. The fourth-order valence-electron chi connectivity index (χ4n) is 1.77. The normalized spacial score (nSPS) is 12.5. The minimum absolute atomic E-state index is 0.556. The molecule has 1 heterocycles. The van der Waals surface area contributed by atoms with E-state index in [9.17, 15) is 5.11 Å².